The molecule has 7 heteroatoms. The molecule has 0 spiro atoms. The van der Waals surface area contributed by atoms with Gasteiger partial charge in [0.15, 0.2) is 0 Å². The molecule has 0 fully saturated rings. The zero-order valence-electron chi connectivity index (χ0n) is 8.89. The molecule has 0 aromatic carbocycles. The maximum Gasteiger partial charge on any atom is 0.328 e. The van der Waals surface area contributed by atoms with Crippen LogP contribution in [0.4, 0.5) is 4.79 Å². The van der Waals surface area contributed by atoms with Gasteiger partial charge in [0.2, 0.25) is 0 Å². The Morgan fingerprint density at radius 1 is 1.50 bits per heavy atom. The van der Waals surface area contributed by atoms with Crippen molar-refractivity contribution in [2.75, 3.05) is 6.54 Å². The number of sulfonamides is 1. The van der Waals surface area contributed by atoms with Gasteiger partial charge in [-0.1, -0.05) is 19.4 Å². The Hall–Kier alpha value is -1.08. The van der Waals surface area contributed by atoms with E-state index in [4.69, 9.17) is 0 Å². The van der Waals surface area contributed by atoms with E-state index in [1.54, 1.807) is 11.4 Å². The molecule has 2 amide bonds. The van der Waals surface area contributed by atoms with E-state index in [2.05, 4.69) is 5.32 Å². The summed E-state index contributed by atoms with van der Waals surface area (Å²) in [6, 6.07) is 2.39. The van der Waals surface area contributed by atoms with E-state index < -0.39 is 16.1 Å². The highest BCUT2D eigenvalue weighted by atomic mass is 32.2. The largest absolute Gasteiger partial charge is 0.337 e. The monoisotopic (exact) mass is 262 g/mol. The van der Waals surface area contributed by atoms with Gasteiger partial charge >= 0.3 is 6.03 Å². The van der Waals surface area contributed by atoms with Gasteiger partial charge in [-0.05, 0) is 17.9 Å². The van der Waals surface area contributed by atoms with Crippen molar-refractivity contribution >= 4 is 27.4 Å². The van der Waals surface area contributed by atoms with Gasteiger partial charge in [0.25, 0.3) is 10.0 Å². The summed E-state index contributed by atoms with van der Waals surface area (Å²) in [6.07, 6.45) is 1.77. The van der Waals surface area contributed by atoms with Crippen LogP contribution < -0.4 is 10.0 Å². The lowest BCUT2D eigenvalue weighted by Gasteiger charge is -2.06. The molecule has 16 heavy (non-hydrogen) atoms. The smallest absolute Gasteiger partial charge is 0.328 e. The molecule has 2 N–H and O–H groups in total. The molecule has 90 valence electrons. The summed E-state index contributed by atoms with van der Waals surface area (Å²) < 4.78 is 25.2. The number of amides is 2. The van der Waals surface area contributed by atoms with Crippen LogP contribution in [0, 0.1) is 0 Å². The molecule has 1 rings (SSSR count). The molecule has 1 aromatic heterocycles. The SMILES string of the molecule is CCCCNC(=O)NS(=O)(=O)c1cccs1. The third kappa shape index (κ3) is 3.82. The van der Waals surface area contributed by atoms with Crippen molar-refractivity contribution < 1.29 is 13.2 Å². The van der Waals surface area contributed by atoms with Crippen molar-refractivity contribution in [1.82, 2.24) is 10.0 Å². The topological polar surface area (TPSA) is 75.3 Å². The minimum Gasteiger partial charge on any atom is -0.337 e. The first-order valence-corrected chi connectivity index (χ1v) is 7.26. The summed E-state index contributed by atoms with van der Waals surface area (Å²) in [7, 11) is -3.70. The first-order chi connectivity index (χ1) is 7.56. The van der Waals surface area contributed by atoms with Crippen LogP contribution in [0.15, 0.2) is 21.7 Å². The van der Waals surface area contributed by atoms with Crippen molar-refractivity contribution in [3.05, 3.63) is 17.5 Å². The molecule has 0 aliphatic rings. The van der Waals surface area contributed by atoms with Gasteiger partial charge in [-0.25, -0.2) is 17.9 Å². The molecule has 0 saturated carbocycles. The predicted octanol–water partition coefficient (Wildman–Crippen LogP) is 1.54. The number of rotatable bonds is 5. The molecule has 0 saturated heterocycles. The van der Waals surface area contributed by atoms with E-state index in [1.807, 2.05) is 11.6 Å². The maximum absolute atomic E-state index is 11.6. The predicted molar refractivity (Wildman–Crippen MR) is 62.9 cm³/mol. The van der Waals surface area contributed by atoms with Crippen LogP contribution in [0.1, 0.15) is 19.8 Å². The lowest BCUT2D eigenvalue weighted by molar-refractivity contribution is 0.245. The van der Waals surface area contributed by atoms with Crippen molar-refractivity contribution in [3.63, 3.8) is 0 Å². The molecular formula is C9H14N2O3S2. The van der Waals surface area contributed by atoms with E-state index in [9.17, 15) is 13.2 Å². The summed E-state index contributed by atoms with van der Waals surface area (Å²) in [4.78, 5) is 11.2. The molecular weight excluding hydrogens is 248 g/mol. The second kappa shape index (κ2) is 5.86. The second-order valence-electron chi connectivity index (χ2n) is 3.15. The molecule has 0 unspecified atom stereocenters. The highest BCUT2D eigenvalue weighted by Crippen LogP contribution is 2.14. The standard InChI is InChI=1S/C9H14N2O3S2/c1-2-3-6-10-9(12)11-16(13,14)8-5-4-7-15-8/h4-5,7H,2-3,6H2,1H3,(H2,10,11,12). The minimum absolute atomic E-state index is 0.137. The zero-order chi connectivity index (χ0) is 12.0. The quantitative estimate of drug-likeness (QED) is 0.790. The lowest BCUT2D eigenvalue weighted by atomic mass is 10.3. The van der Waals surface area contributed by atoms with Gasteiger partial charge in [0, 0.05) is 6.54 Å². The molecule has 1 aromatic rings. The Morgan fingerprint density at radius 2 is 2.25 bits per heavy atom. The number of hydrogen-bond acceptors (Lipinski definition) is 4. The maximum atomic E-state index is 11.6. The molecule has 0 radical (unpaired) electrons. The van der Waals surface area contributed by atoms with Crippen LogP contribution in [0.5, 0.6) is 0 Å². The molecule has 5 nitrogen and oxygen atoms in total. The first kappa shape index (κ1) is 13.0. The third-order valence-electron chi connectivity index (χ3n) is 1.80. The number of unbranched alkanes of at least 4 members (excludes halogenated alkanes) is 1. The normalized spacial score (nSPS) is 11.1. The van der Waals surface area contributed by atoms with Gasteiger partial charge in [-0.3, -0.25) is 0 Å². The zero-order valence-corrected chi connectivity index (χ0v) is 10.5. The highest BCUT2D eigenvalue weighted by molar-refractivity contribution is 7.92. The Kier molecular flexibility index (Phi) is 4.75. The summed E-state index contributed by atoms with van der Waals surface area (Å²) in [5, 5.41) is 4.12. The molecule has 0 atom stereocenters. The molecule has 0 aliphatic carbocycles. The third-order valence-corrected chi connectivity index (χ3v) is 4.53. The van der Waals surface area contributed by atoms with Crippen molar-refractivity contribution in [2.45, 2.75) is 24.0 Å². The fourth-order valence-electron chi connectivity index (χ4n) is 1.00. The summed E-state index contributed by atoms with van der Waals surface area (Å²) >= 11 is 1.07. The average Bonchev–Trinajstić information content (AvgIpc) is 2.70. The van der Waals surface area contributed by atoms with Crippen LogP contribution in [-0.4, -0.2) is 21.0 Å². The van der Waals surface area contributed by atoms with Crippen molar-refractivity contribution in [3.8, 4) is 0 Å². The van der Waals surface area contributed by atoms with Crippen LogP contribution >= 0.6 is 11.3 Å². The average molecular weight is 262 g/mol. The number of nitrogens with one attached hydrogen (secondary N) is 2. The lowest BCUT2D eigenvalue weighted by Crippen LogP contribution is -2.39. The van der Waals surface area contributed by atoms with Crippen molar-refractivity contribution in [1.29, 1.82) is 0 Å². The van der Waals surface area contributed by atoms with Crippen molar-refractivity contribution in [2.24, 2.45) is 0 Å². The number of thiophene rings is 1. The van der Waals surface area contributed by atoms with Crippen LogP contribution in [0.25, 0.3) is 0 Å². The molecule has 0 bridgehead atoms. The molecule has 0 aliphatic heterocycles. The fraction of sp³-hybridized carbons (Fsp3) is 0.444. The molecule has 1 heterocycles. The van der Waals surface area contributed by atoms with E-state index in [0.717, 1.165) is 24.2 Å². The van der Waals surface area contributed by atoms with E-state index in [1.165, 1.54) is 6.07 Å². The van der Waals surface area contributed by atoms with Crippen LogP contribution in [0.3, 0.4) is 0 Å². The Morgan fingerprint density at radius 3 is 2.81 bits per heavy atom. The minimum atomic E-state index is -3.70. The summed E-state index contributed by atoms with van der Waals surface area (Å²) in [6.45, 7) is 2.46. The second-order valence-corrected chi connectivity index (χ2v) is 6.00. The fourth-order valence-corrected chi connectivity index (χ4v) is 2.92. The Labute approximate surface area is 98.9 Å². The summed E-state index contributed by atoms with van der Waals surface area (Å²) in [5.41, 5.74) is 0. The number of carbonyl (C=O) groups excluding carboxylic acids is 1. The Balaban J connectivity index is 2.51. The van der Waals surface area contributed by atoms with Gasteiger partial charge in [-0.15, -0.1) is 11.3 Å². The van der Waals surface area contributed by atoms with Gasteiger partial charge in [0.05, 0.1) is 0 Å². The van der Waals surface area contributed by atoms with Crippen LogP contribution in [-0.2, 0) is 10.0 Å². The van der Waals surface area contributed by atoms with Gasteiger partial charge < -0.3 is 5.32 Å². The van der Waals surface area contributed by atoms with Gasteiger partial charge in [0.1, 0.15) is 4.21 Å². The first-order valence-electron chi connectivity index (χ1n) is 4.90. The number of carbonyl (C=O) groups is 1. The van der Waals surface area contributed by atoms with E-state index in [-0.39, 0.29) is 4.21 Å². The summed E-state index contributed by atoms with van der Waals surface area (Å²) in [5.74, 6) is 0. The van der Waals surface area contributed by atoms with E-state index >= 15 is 0 Å². The van der Waals surface area contributed by atoms with Crippen LogP contribution in [0.2, 0.25) is 0 Å². The highest BCUT2D eigenvalue weighted by Gasteiger charge is 2.17. The Bertz CT molecular complexity index is 426. The number of urea groups is 1. The van der Waals surface area contributed by atoms with E-state index in [0.29, 0.717) is 6.54 Å². The number of hydrogen-bond donors (Lipinski definition) is 2. The van der Waals surface area contributed by atoms with Gasteiger partial charge in [-0.2, -0.15) is 0 Å².